The van der Waals surface area contributed by atoms with Crippen molar-refractivity contribution in [1.82, 2.24) is 19.7 Å². The number of hydrogen-bond acceptors (Lipinski definition) is 5. The van der Waals surface area contributed by atoms with E-state index < -0.39 is 0 Å². The number of nitrogens with zero attached hydrogens (tertiary/aromatic N) is 4. The molecule has 126 valence electrons. The van der Waals surface area contributed by atoms with Crippen LogP contribution in [0, 0.1) is 6.92 Å². The fraction of sp³-hybridized carbons (Fsp3) is 0.529. The number of likely N-dealkylation sites (tertiary alicyclic amines) is 1. The molecule has 3 heterocycles. The lowest BCUT2D eigenvalue weighted by molar-refractivity contribution is 0.0724. The predicted molar refractivity (Wildman–Crippen MR) is 91.4 cm³/mol. The fourth-order valence-corrected chi connectivity index (χ4v) is 4.08. The topological polar surface area (TPSA) is 68.1 Å². The summed E-state index contributed by atoms with van der Waals surface area (Å²) in [6.07, 6.45) is 4.19. The number of carbonyl (C=O) groups is 1. The van der Waals surface area contributed by atoms with Gasteiger partial charge >= 0.3 is 0 Å². The molecule has 24 heavy (non-hydrogen) atoms. The Morgan fingerprint density at radius 3 is 2.88 bits per heavy atom. The second-order valence-electron chi connectivity index (χ2n) is 6.61. The molecule has 1 saturated carbocycles. The number of hydrogen-bond donors (Lipinski definition) is 0. The lowest BCUT2D eigenvalue weighted by Gasteiger charge is -2.24. The molecule has 1 saturated heterocycles. The first kappa shape index (κ1) is 15.5. The van der Waals surface area contributed by atoms with Crippen LogP contribution in [0.5, 0.6) is 0 Å². The van der Waals surface area contributed by atoms with E-state index in [0.29, 0.717) is 17.3 Å². The highest BCUT2D eigenvalue weighted by atomic mass is 32.1. The van der Waals surface area contributed by atoms with E-state index in [1.165, 1.54) is 11.3 Å². The van der Waals surface area contributed by atoms with E-state index in [0.717, 1.165) is 43.6 Å². The van der Waals surface area contributed by atoms with E-state index in [1.807, 2.05) is 17.9 Å². The minimum absolute atomic E-state index is 0.0265. The Labute approximate surface area is 144 Å². The first-order chi connectivity index (χ1) is 11.6. The monoisotopic (exact) mass is 344 g/mol. The van der Waals surface area contributed by atoms with Gasteiger partial charge in [-0.1, -0.05) is 0 Å². The highest BCUT2D eigenvalue weighted by molar-refractivity contribution is 7.11. The molecule has 0 bridgehead atoms. The molecule has 2 fully saturated rings. The van der Waals surface area contributed by atoms with Gasteiger partial charge in [-0.15, -0.1) is 11.3 Å². The van der Waals surface area contributed by atoms with Crippen molar-refractivity contribution in [2.45, 2.75) is 51.1 Å². The second-order valence-corrected chi connectivity index (χ2v) is 7.47. The van der Waals surface area contributed by atoms with Gasteiger partial charge in [0, 0.05) is 18.5 Å². The highest BCUT2D eigenvalue weighted by Gasteiger charge is 2.32. The van der Waals surface area contributed by atoms with Gasteiger partial charge < -0.3 is 4.90 Å². The van der Waals surface area contributed by atoms with Crippen molar-refractivity contribution in [3.63, 3.8) is 0 Å². The van der Waals surface area contributed by atoms with Gasteiger partial charge in [0.25, 0.3) is 11.5 Å². The Morgan fingerprint density at radius 2 is 2.17 bits per heavy atom. The van der Waals surface area contributed by atoms with E-state index >= 15 is 0 Å². The van der Waals surface area contributed by atoms with Gasteiger partial charge in [0.2, 0.25) is 0 Å². The van der Waals surface area contributed by atoms with Crippen molar-refractivity contribution >= 4 is 17.2 Å². The van der Waals surface area contributed by atoms with E-state index in [1.54, 1.807) is 16.3 Å². The minimum atomic E-state index is -0.0901. The summed E-state index contributed by atoms with van der Waals surface area (Å²) in [4.78, 5) is 31.7. The predicted octanol–water partition coefficient (Wildman–Crippen LogP) is 2.19. The van der Waals surface area contributed by atoms with Gasteiger partial charge in [0.05, 0.1) is 29.5 Å². The van der Waals surface area contributed by atoms with E-state index in [2.05, 4.69) is 10.1 Å². The number of aryl methyl sites for hydroxylation is 1. The molecule has 1 unspecified atom stereocenters. The Kier molecular flexibility index (Phi) is 3.96. The summed E-state index contributed by atoms with van der Waals surface area (Å²) in [7, 11) is 0. The first-order valence-corrected chi connectivity index (χ1v) is 9.30. The molecular weight excluding hydrogens is 324 g/mol. The van der Waals surface area contributed by atoms with Gasteiger partial charge in [0.1, 0.15) is 4.88 Å². The van der Waals surface area contributed by atoms with Crippen LogP contribution in [0.15, 0.2) is 22.4 Å². The van der Waals surface area contributed by atoms with Gasteiger partial charge in [-0.25, -0.2) is 9.67 Å². The van der Waals surface area contributed by atoms with Crippen molar-refractivity contribution in [1.29, 1.82) is 0 Å². The minimum Gasteiger partial charge on any atom is -0.333 e. The third kappa shape index (κ3) is 2.88. The van der Waals surface area contributed by atoms with Crippen LogP contribution < -0.4 is 5.56 Å². The third-order valence-electron chi connectivity index (χ3n) is 4.84. The molecule has 2 aliphatic rings. The van der Waals surface area contributed by atoms with Crippen molar-refractivity contribution in [3.8, 4) is 0 Å². The maximum absolute atomic E-state index is 12.8. The zero-order valence-corrected chi connectivity index (χ0v) is 14.5. The molecule has 6 nitrogen and oxygen atoms in total. The molecule has 7 heteroatoms. The van der Waals surface area contributed by atoms with Crippen LogP contribution in [0.2, 0.25) is 0 Å². The Balaban J connectivity index is 1.55. The van der Waals surface area contributed by atoms with Crippen LogP contribution in [-0.4, -0.2) is 38.2 Å². The molecule has 1 atom stereocenters. The van der Waals surface area contributed by atoms with Crippen molar-refractivity contribution in [2.75, 3.05) is 6.54 Å². The third-order valence-corrected chi connectivity index (χ3v) is 5.76. The van der Waals surface area contributed by atoms with Crippen LogP contribution in [-0.2, 0) is 6.54 Å². The summed E-state index contributed by atoms with van der Waals surface area (Å²) in [5, 5.41) is 4.53. The Bertz CT molecular complexity index is 824. The molecule has 0 N–H and O–H groups in total. The number of carbonyl (C=O) groups excluding carboxylic acids is 1. The summed E-state index contributed by atoms with van der Waals surface area (Å²) in [6, 6.07) is 3.47. The Morgan fingerprint density at radius 1 is 1.33 bits per heavy atom. The molecule has 0 aromatic carbocycles. The molecule has 4 rings (SSSR count). The standard InChI is InChI=1S/C17H20N4O2S/c1-11-16(24-10-18-11)17(23)20-8-2-3-13(20)9-21-15(22)7-6-14(19-21)12-4-5-12/h6-7,10,12-13H,2-5,8-9H2,1H3. The van der Waals surface area contributed by atoms with E-state index in [9.17, 15) is 9.59 Å². The normalized spacial score (nSPS) is 20.5. The van der Waals surface area contributed by atoms with Gasteiger partial charge in [-0.05, 0) is 38.7 Å². The smallest absolute Gasteiger partial charge is 0.266 e. The molecule has 1 aliphatic heterocycles. The number of rotatable bonds is 4. The lowest BCUT2D eigenvalue weighted by atomic mass is 10.2. The summed E-state index contributed by atoms with van der Waals surface area (Å²) in [5.41, 5.74) is 3.40. The lowest BCUT2D eigenvalue weighted by Crippen LogP contribution is -2.40. The molecule has 1 aliphatic carbocycles. The molecule has 2 aromatic rings. The average Bonchev–Trinajstić information content (AvgIpc) is 3.17. The molecule has 0 spiro atoms. The number of amides is 1. The summed E-state index contributed by atoms with van der Waals surface area (Å²) in [5.74, 6) is 0.543. The van der Waals surface area contributed by atoms with E-state index in [-0.39, 0.29) is 17.5 Å². The van der Waals surface area contributed by atoms with Crippen molar-refractivity contribution < 1.29 is 4.79 Å². The zero-order chi connectivity index (χ0) is 16.7. The molecule has 2 aromatic heterocycles. The summed E-state index contributed by atoms with van der Waals surface area (Å²) in [6.45, 7) is 3.07. The Hall–Kier alpha value is -2.02. The van der Waals surface area contributed by atoms with E-state index in [4.69, 9.17) is 0 Å². The SMILES string of the molecule is Cc1ncsc1C(=O)N1CCCC1Cn1nc(C2CC2)ccc1=O. The fourth-order valence-electron chi connectivity index (χ4n) is 3.32. The number of aromatic nitrogens is 3. The molecule has 1 amide bonds. The molecular formula is C17H20N4O2S. The van der Waals surface area contributed by atoms with Crippen LogP contribution in [0.1, 0.15) is 52.7 Å². The highest BCUT2D eigenvalue weighted by Crippen LogP contribution is 2.38. The van der Waals surface area contributed by atoms with Crippen LogP contribution in [0.3, 0.4) is 0 Å². The van der Waals surface area contributed by atoms with Crippen molar-refractivity contribution in [2.24, 2.45) is 0 Å². The van der Waals surface area contributed by atoms with Crippen molar-refractivity contribution in [3.05, 3.63) is 44.3 Å². The maximum Gasteiger partial charge on any atom is 0.266 e. The van der Waals surface area contributed by atoms with Crippen LogP contribution in [0.4, 0.5) is 0 Å². The average molecular weight is 344 g/mol. The van der Waals surface area contributed by atoms with Crippen LogP contribution >= 0.6 is 11.3 Å². The van der Waals surface area contributed by atoms with Crippen LogP contribution in [0.25, 0.3) is 0 Å². The number of thiazole rings is 1. The quantitative estimate of drug-likeness (QED) is 0.853. The zero-order valence-electron chi connectivity index (χ0n) is 13.6. The van der Waals surface area contributed by atoms with Gasteiger partial charge in [-0.3, -0.25) is 9.59 Å². The second kappa shape index (κ2) is 6.12. The molecule has 0 radical (unpaired) electrons. The summed E-state index contributed by atoms with van der Waals surface area (Å²) < 4.78 is 1.55. The van der Waals surface area contributed by atoms with Gasteiger partial charge in [0.15, 0.2) is 0 Å². The van der Waals surface area contributed by atoms with Gasteiger partial charge in [-0.2, -0.15) is 5.10 Å². The largest absolute Gasteiger partial charge is 0.333 e. The maximum atomic E-state index is 12.8. The first-order valence-electron chi connectivity index (χ1n) is 8.42. The summed E-state index contributed by atoms with van der Waals surface area (Å²) >= 11 is 1.38.